The number of aryl methyl sites for hydroxylation is 10. The van der Waals surface area contributed by atoms with Gasteiger partial charge in [0.05, 0.1) is 16.9 Å². The third-order valence-corrected chi connectivity index (χ3v) is 26.6. The molecule has 4 aromatic heterocycles. The molecule has 0 saturated heterocycles. The number of imidazole rings is 1. The predicted molar refractivity (Wildman–Crippen MR) is 574 cm³/mol. The maximum Gasteiger partial charge on any atom is 0.0774 e. The van der Waals surface area contributed by atoms with E-state index in [9.17, 15) is 0 Å². The van der Waals surface area contributed by atoms with Gasteiger partial charge < -0.3 is 19.5 Å². The average Bonchev–Trinajstić information content (AvgIpc) is 1.56. The Bertz CT molecular complexity index is 6760. The number of nitrogens with zero attached hydrogens (tertiary/aromatic N) is 5. The van der Waals surface area contributed by atoms with Gasteiger partial charge in [0.1, 0.15) is 0 Å². The zero-order valence-electron chi connectivity index (χ0n) is 81.6. The summed E-state index contributed by atoms with van der Waals surface area (Å²) in [5.74, 6) is 0.903. The van der Waals surface area contributed by atoms with Gasteiger partial charge >= 0.3 is 0 Å². The molecule has 0 atom stereocenters. The summed E-state index contributed by atoms with van der Waals surface area (Å²) in [4.78, 5) is 19.2. The Labute approximate surface area is 869 Å². The maximum absolute atomic E-state index is 4.93. The van der Waals surface area contributed by atoms with Crippen LogP contribution < -0.4 is 0 Å². The van der Waals surface area contributed by atoms with Crippen molar-refractivity contribution < 1.29 is 60.3 Å². The van der Waals surface area contributed by atoms with E-state index in [-0.39, 0.29) is 65.7 Å². The molecule has 0 unspecified atom stereocenters. The number of hydrogen-bond acceptors (Lipinski definition) is 4. The molecular formula is C131H129Ir3N5-4. The monoisotopic (exact) mass is 2350 g/mol. The summed E-state index contributed by atoms with van der Waals surface area (Å²) < 4.78 is 2.20. The molecule has 8 heteroatoms. The zero-order valence-corrected chi connectivity index (χ0v) is 88.8. The van der Waals surface area contributed by atoms with Crippen LogP contribution in [0.25, 0.3) is 118 Å². The van der Waals surface area contributed by atoms with Gasteiger partial charge in [0.25, 0.3) is 0 Å². The van der Waals surface area contributed by atoms with Crippen LogP contribution in [0.5, 0.6) is 0 Å². The molecule has 0 amide bonds. The topological polar surface area (TPSA) is 56.5 Å². The molecular weight excluding hydrogens is 2220 g/mol. The summed E-state index contributed by atoms with van der Waals surface area (Å²) in [7, 11) is 0. The van der Waals surface area contributed by atoms with Crippen LogP contribution in [0.15, 0.2) is 383 Å². The van der Waals surface area contributed by atoms with Crippen molar-refractivity contribution in [3.8, 4) is 106 Å². The van der Waals surface area contributed by atoms with E-state index in [0.717, 1.165) is 117 Å². The second-order valence-corrected chi connectivity index (χ2v) is 37.1. The Morgan fingerprint density at radius 2 is 0.719 bits per heavy atom. The quantitative estimate of drug-likeness (QED) is 0.0290. The standard InChI is InChI=1S/C46H52N.C32H34N.C28H26N.C25H17N2.3Ir/c1-3-5-7-16-30-46(31-17-8-6-4-2)43-26-15-14-25-41(43)42-28-27-40(34-44(42)46)45-35-39(29-32-47-45)38-24-18-23-37(33-38)22-13-12-21-36-19-10-9-11-20-36;1-25-20-26(2)22-31(21-25)32-19-18-30(24-33-32)29-17-11-16-28(23-29)15-8-5-3-4-7-12-27-13-9-6-10-14-27;1-21-16-22(2)18-27(17-21)28-20-26(14-15-29-28)25-13-7-12-24(19-25)11-6-10-23-8-4-3-5-9-23;1-3-10-19(11-4-1)20-12-9-13-21(18-20)25-26-23-16-7-8-17-24(23)27(25)22-14-5-2-6-15-22;;;/h9-11,14-15,18-20,23-26,28-29,32-35H,3-8,12-13,16-17,21-22,30-31H2,1-2H3;6,9-11,13-14,16-21,23-24H,3-5,7-8,12,15H2,1-2H3;3-5,7-9,12-17,19-20H,6,10-11H2,1-2H3;1-12,14-18H;;;/q4*-1;;;. The van der Waals surface area contributed by atoms with Crippen molar-refractivity contribution in [2.75, 3.05) is 0 Å². The van der Waals surface area contributed by atoms with E-state index < -0.39 is 0 Å². The van der Waals surface area contributed by atoms with E-state index in [1.54, 1.807) is 0 Å². The van der Waals surface area contributed by atoms with Gasteiger partial charge in [0.15, 0.2) is 0 Å². The van der Waals surface area contributed by atoms with Crippen molar-refractivity contribution in [2.45, 2.75) is 201 Å². The summed E-state index contributed by atoms with van der Waals surface area (Å²) in [5, 5.41) is 0. The predicted octanol–water partition coefficient (Wildman–Crippen LogP) is 34.7. The van der Waals surface area contributed by atoms with E-state index >= 15 is 0 Å². The van der Waals surface area contributed by atoms with Crippen LogP contribution >= 0.6 is 0 Å². The number of hydrogen-bond donors (Lipinski definition) is 0. The summed E-state index contributed by atoms with van der Waals surface area (Å²) in [5.41, 5.74) is 39.3. The summed E-state index contributed by atoms with van der Waals surface area (Å²) in [6, 6.07) is 144. The summed E-state index contributed by atoms with van der Waals surface area (Å²) >= 11 is 0. The minimum absolute atomic E-state index is 0. The van der Waals surface area contributed by atoms with Crippen LogP contribution in [0.3, 0.4) is 0 Å². The molecule has 0 spiro atoms. The smallest absolute Gasteiger partial charge is 0.0774 e. The molecule has 1 aliphatic rings. The van der Waals surface area contributed by atoms with Gasteiger partial charge in [-0.05, 0) is 215 Å². The number of pyridine rings is 3. The van der Waals surface area contributed by atoms with Crippen LogP contribution in [-0.4, -0.2) is 24.5 Å². The van der Waals surface area contributed by atoms with Crippen LogP contribution in [0.4, 0.5) is 0 Å². The number of fused-ring (bicyclic) bond motifs is 4. The molecule has 0 saturated carbocycles. The molecule has 1 aliphatic carbocycles. The van der Waals surface area contributed by atoms with E-state index in [1.165, 1.54) is 221 Å². The van der Waals surface area contributed by atoms with E-state index in [1.807, 2.05) is 42.9 Å². The maximum atomic E-state index is 4.93. The van der Waals surface area contributed by atoms with Crippen molar-refractivity contribution >= 4 is 11.0 Å². The Hall–Kier alpha value is -12.1. The second-order valence-electron chi connectivity index (χ2n) is 37.1. The van der Waals surface area contributed by atoms with Gasteiger partial charge in [-0.25, -0.2) is 0 Å². The van der Waals surface area contributed by atoms with Crippen molar-refractivity contribution in [1.82, 2.24) is 24.5 Å². The normalized spacial score (nSPS) is 11.4. The fourth-order valence-electron chi connectivity index (χ4n) is 19.7. The van der Waals surface area contributed by atoms with Crippen LogP contribution in [0.1, 0.15) is 196 Å². The number of unbranched alkanes of at least 4 members (excludes halogenated alkanes) is 11. The third kappa shape index (κ3) is 29.1. The first-order chi connectivity index (χ1) is 67.0. The number of benzene rings is 14. The van der Waals surface area contributed by atoms with E-state index in [2.05, 4.69) is 415 Å². The second kappa shape index (κ2) is 53.9. The molecule has 3 radical (unpaired) electrons. The fraction of sp³-hybridized carbons (Fsp3) is 0.237. The molecule has 19 rings (SSSR count). The van der Waals surface area contributed by atoms with Crippen molar-refractivity contribution in [3.63, 3.8) is 0 Å². The van der Waals surface area contributed by atoms with Gasteiger partial charge in [0, 0.05) is 90.0 Å². The van der Waals surface area contributed by atoms with Gasteiger partial charge in [-0.3, -0.25) is 4.98 Å². The molecule has 4 heterocycles. The number of rotatable bonds is 36. The molecule has 14 aromatic carbocycles. The molecule has 18 aromatic rings. The van der Waals surface area contributed by atoms with Gasteiger partial charge in [-0.15, -0.1) is 134 Å². The first kappa shape index (κ1) is 104. The van der Waals surface area contributed by atoms with Gasteiger partial charge in [-0.1, -0.05) is 396 Å². The van der Waals surface area contributed by atoms with E-state index in [0.29, 0.717) is 0 Å². The molecule has 139 heavy (non-hydrogen) atoms. The summed E-state index contributed by atoms with van der Waals surface area (Å²) in [6.07, 6.45) is 35.6. The zero-order chi connectivity index (χ0) is 93.3. The Morgan fingerprint density at radius 1 is 0.288 bits per heavy atom. The Kier molecular flexibility index (Phi) is 40.5. The molecule has 0 bridgehead atoms. The van der Waals surface area contributed by atoms with Crippen LogP contribution in [0, 0.1) is 52.0 Å². The number of aromatic nitrogens is 5. The molecule has 0 N–H and O–H groups in total. The van der Waals surface area contributed by atoms with Crippen molar-refractivity contribution in [1.29, 1.82) is 0 Å². The minimum atomic E-state index is 0. The van der Waals surface area contributed by atoms with Crippen molar-refractivity contribution in [3.05, 3.63) is 474 Å². The number of para-hydroxylation sites is 3. The minimum Gasteiger partial charge on any atom is -0.333 e. The third-order valence-electron chi connectivity index (χ3n) is 26.6. The van der Waals surface area contributed by atoms with Gasteiger partial charge in [-0.2, -0.15) is 0 Å². The average molecular weight is 2350 g/mol. The Balaban J connectivity index is 0.000000159. The molecule has 5 nitrogen and oxygen atoms in total. The van der Waals surface area contributed by atoms with Crippen LogP contribution in [0.2, 0.25) is 0 Å². The molecule has 0 fully saturated rings. The largest absolute Gasteiger partial charge is 0.333 e. The molecule has 709 valence electrons. The SMILES string of the molecule is CCCCCCC1(CCCCCC)c2ccccc2-c2c[c-]c(-c3cc(-c4cccc(CCCCc5ccccc5)c4)ccn3)cc21.Cc1[c-]c(-c2cc(-c3cccc(CCCc4ccccc4)c3)ccn2)cc(C)c1.Cc1[c-]c(-c2ccc(-c3cccc(CCCCCCCc4ccccc4)c3)cn2)cc(C)c1.[Ir].[Ir].[Ir].[c-]1ccc(-c2ccccc2)cc1-c1nc2ccccc2n1-c1ccccc1. The fourth-order valence-corrected chi connectivity index (χ4v) is 19.7. The van der Waals surface area contributed by atoms with Crippen molar-refractivity contribution in [2.24, 2.45) is 0 Å². The van der Waals surface area contributed by atoms with E-state index in [4.69, 9.17) is 15.0 Å². The van der Waals surface area contributed by atoms with Crippen LogP contribution in [-0.2, 0) is 104 Å². The first-order valence-electron chi connectivity index (χ1n) is 50.0. The summed E-state index contributed by atoms with van der Waals surface area (Å²) in [6.45, 7) is 13.0. The van der Waals surface area contributed by atoms with Gasteiger partial charge in [0.2, 0.25) is 0 Å². The Morgan fingerprint density at radius 3 is 1.26 bits per heavy atom. The molecule has 0 aliphatic heterocycles. The first-order valence-corrected chi connectivity index (χ1v) is 50.0.